The molecule has 0 saturated heterocycles. The first kappa shape index (κ1) is 16.9. The first-order chi connectivity index (χ1) is 12.1. The van der Waals surface area contributed by atoms with E-state index in [1.807, 2.05) is 30.3 Å². The zero-order chi connectivity index (χ0) is 17.8. The minimum absolute atomic E-state index is 0.0854. The van der Waals surface area contributed by atoms with E-state index in [-0.39, 0.29) is 12.3 Å². The highest BCUT2D eigenvalue weighted by Crippen LogP contribution is 2.26. The van der Waals surface area contributed by atoms with Crippen molar-refractivity contribution in [2.24, 2.45) is 0 Å². The summed E-state index contributed by atoms with van der Waals surface area (Å²) in [6.07, 6.45) is 2.29. The lowest BCUT2D eigenvalue weighted by molar-refractivity contribution is -0.115. The Bertz CT molecular complexity index is 899. The van der Waals surface area contributed by atoms with Crippen molar-refractivity contribution >= 4 is 22.5 Å². The molecule has 3 aromatic rings. The van der Waals surface area contributed by atoms with Gasteiger partial charge in [-0.25, -0.2) is 0 Å². The lowest BCUT2D eigenvalue weighted by Crippen LogP contribution is -2.15. The van der Waals surface area contributed by atoms with E-state index < -0.39 is 0 Å². The maximum atomic E-state index is 12.4. The maximum Gasteiger partial charge on any atom is 0.228 e. The second-order valence-corrected chi connectivity index (χ2v) is 5.78. The summed E-state index contributed by atoms with van der Waals surface area (Å²) in [6.45, 7) is 3.03. The van der Waals surface area contributed by atoms with Crippen LogP contribution in [0.2, 0.25) is 0 Å². The van der Waals surface area contributed by atoms with Crippen LogP contribution in [0.3, 0.4) is 0 Å². The molecule has 130 valence electrons. The van der Waals surface area contributed by atoms with Gasteiger partial charge in [-0.05, 0) is 37.3 Å². The minimum atomic E-state index is -0.0854. The molecular formula is C20H22N2O3. The molecular weight excluding hydrogens is 316 g/mol. The number of benzene rings is 2. The number of amides is 1. The van der Waals surface area contributed by atoms with Crippen LogP contribution >= 0.6 is 0 Å². The highest BCUT2D eigenvalue weighted by atomic mass is 16.5. The Balaban J connectivity index is 1.74. The van der Waals surface area contributed by atoms with E-state index in [0.717, 1.165) is 28.7 Å². The van der Waals surface area contributed by atoms with Crippen LogP contribution in [0, 0.1) is 0 Å². The van der Waals surface area contributed by atoms with Crippen LogP contribution in [0.25, 0.3) is 10.9 Å². The number of nitrogens with one attached hydrogen (secondary N) is 1. The van der Waals surface area contributed by atoms with Crippen LogP contribution in [0.15, 0.2) is 48.7 Å². The number of anilines is 1. The number of hydrogen-bond acceptors (Lipinski definition) is 3. The average molecular weight is 338 g/mol. The third kappa shape index (κ3) is 3.60. The number of ether oxygens (including phenoxy) is 2. The van der Waals surface area contributed by atoms with Gasteiger partial charge < -0.3 is 19.4 Å². The summed E-state index contributed by atoms with van der Waals surface area (Å²) in [5.41, 5.74) is 2.77. The lowest BCUT2D eigenvalue weighted by atomic mass is 10.1. The number of aromatic nitrogens is 1. The van der Waals surface area contributed by atoms with Crippen molar-refractivity contribution < 1.29 is 14.3 Å². The van der Waals surface area contributed by atoms with Gasteiger partial charge in [-0.2, -0.15) is 0 Å². The summed E-state index contributed by atoms with van der Waals surface area (Å²) in [7, 11) is 3.19. The van der Waals surface area contributed by atoms with Crippen molar-refractivity contribution in [2.45, 2.75) is 19.9 Å². The number of hydrogen-bond donors (Lipinski definition) is 1. The van der Waals surface area contributed by atoms with E-state index >= 15 is 0 Å². The molecule has 0 spiro atoms. The second-order valence-electron chi connectivity index (χ2n) is 5.78. The monoisotopic (exact) mass is 338 g/mol. The molecule has 5 heteroatoms. The number of carbonyl (C=O) groups is 1. The van der Waals surface area contributed by atoms with E-state index in [1.165, 1.54) is 0 Å². The van der Waals surface area contributed by atoms with Gasteiger partial charge in [0.2, 0.25) is 5.91 Å². The summed E-state index contributed by atoms with van der Waals surface area (Å²) in [6, 6.07) is 13.5. The van der Waals surface area contributed by atoms with E-state index in [9.17, 15) is 4.79 Å². The Morgan fingerprint density at radius 2 is 1.92 bits per heavy atom. The zero-order valence-electron chi connectivity index (χ0n) is 14.7. The van der Waals surface area contributed by atoms with Crippen LogP contribution in [-0.2, 0) is 17.8 Å². The lowest BCUT2D eigenvalue weighted by Gasteiger charge is -2.11. The molecule has 0 aliphatic heterocycles. The quantitative estimate of drug-likeness (QED) is 0.742. The van der Waals surface area contributed by atoms with Gasteiger partial charge in [0.1, 0.15) is 11.5 Å². The van der Waals surface area contributed by atoms with Crippen molar-refractivity contribution in [3.63, 3.8) is 0 Å². The standard InChI is InChI=1S/C20H22N2O3/c1-4-22-10-9-14-11-16(6-8-18(14)22)21-20(23)12-15-5-7-17(24-2)13-19(15)25-3/h5-11,13H,4,12H2,1-3H3,(H,21,23). The summed E-state index contributed by atoms with van der Waals surface area (Å²) >= 11 is 0. The van der Waals surface area contributed by atoms with E-state index in [1.54, 1.807) is 20.3 Å². The van der Waals surface area contributed by atoms with E-state index in [0.29, 0.717) is 11.5 Å². The van der Waals surface area contributed by atoms with Gasteiger partial charge in [-0.15, -0.1) is 0 Å². The van der Waals surface area contributed by atoms with Gasteiger partial charge >= 0.3 is 0 Å². The van der Waals surface area contributed by atoms with Crippen LogP contribution in [0.5, 0.6) is 11.5 Å². The maximum absolute atomic E-state index is 12.4. The molecule has 0 unspecified atom stereocenters. The first-order valence-electron chi connectivity index (χ1n) is 8.24. The molecule has 0 bridgehead atoms. The number of methoxy groups -OCH3 is 2. The number of fused-ring (bicyclic) bond motifs is 1. The van der Waals surface area contributed by atoms with Crippen LogP contribution in [0.1, 0.15) is 12.5 Å². The van der Waals surface area contributed by atoms with E-state index in [2.05, 4.69) is 29.1 Å². The molecule has 25 heavy (non-hydrogen) atoms. The Kier molecular flexibility index (Phi) is 4.93. The molecule has 2 aromatic carbocycles. The predicted octanol–water partition coefficient (Wildman–Crippen LogP) is 3.86. The molecule has 0 aliphatic rings. The predicted molar refractivity (Wildman–Crippen MR) is 99.5 cm³/mol. The second kappa shape index (κ2) is 7.30. The summed E-state index contributed by atoms with van der Waals surface area (Å²) in [4.78, 5) is 12.4. The summed E-state index contributed by atoms with van der Waals surface area (Å²) < 4.78 is 12.7. The molecule has 1 aromatic heterocycles. The third-order valence-corrected chi connectivity index (χ3v) is 4.24. The van der Waals surface area contributed by atoms with Gasteiger partial charge in [0, 0.05) is 41.0 Å². The van der Waals surface area contributed by atoms with Gasteiger partial charge in [-0.3, -0.25) is 4.79 Å². The normalized spacial score (nSPS) is 10.7. The van der Waals surface area contributed by atoms with Gasteiger partial charge in [0.15, 0.2) is 0 Å². The molecule has 1 heterocycles. The molecule has 1 N–H and O–H groups in total. The van der Waals surface area contributed by atoms with Gasteiger partial charge in [0.05, 0.1) is 20.6 Å². The van der Waals surface area contributed by atoms with Crippen LogP contribution in [0.4, 0.5) is 5.69 Å². The smallest absolute Gasteiger partial charge is 0.228 e. The molecule has 1 amide bonds. The Hall–Kier alpha value is -2.95. The zero-order valence-corrected chi connectivity index (χ0v) is 14.7. The number of carbonyl (C=O) groups excluding carboxylic acids is 1. The first-order valence-corrected chi connectivity index (χ1v) is 8.24. The molecule has 0 radical (unpaired) electrons. The fourth-order valence-electron chi connectivity index (χ4n) is 2.93. The van der Waals surface area contributed by atoms with Crippen molar-refractivity contribution in [1.82, 2.24) is 4.57 Å². The Morgan fingerprint density at radius 3 is 2.64 bits per heavy atom. The topological polar surface area (TPSA) is 52.5 Å². The van der Waals surface area contributed by atoms with Gasteiger partial charge in [0.25, 0.3) is 0 Å². The molecule has 0 saturated carbocycles. The SMILES string of the molecule is CCn1ccc2cc(NC(=O)Cc3ccc(OC)cc3OC)ccc21. The fraction of sp³-hybridized carbons (Fsp3) is 0.250. The molecule has 0 fully saturated rings. The molecule has 5 nitrogen and oxygen atoms in total. The fourth-order valence-corrected chi connectivity index (χ4v) is 2.93. The van der Waals surface area contributed by atoms with Crippen LogP contribution < -0.4 is 14.8 Å². The van der Waals surface area contributed by atoms with Crippen LogP contribution in [-0.4, -0.2) is 24.7 Å². The largest absolute Gasteiger partial charge is 0.497 e. The van der Waals surface area contributed by atoms with Crippen molar-refractivity contribution in [3.05, 3.63) is 54.2 Å². The molecule has 3 rings (SSSR count). The minimum Gasteiger partial charge on any atom is -0.497 e. The number of nitrogens with zero attached hydrogens (tertiary/aromatic N) is 1. The number of rotatable bonds is 6. The Labute approximate surface area is 147 Å². The van der Waals surface area contributed by atoms with Crippen molar-refractivity contribution in [1.29, 1.82) is 0 Å². The summed E-state index contributed by atoms with van der Waals surface area (Å²) in [5, 5.41) is 4.07. The number of aryl methyl sites for hydroxylation is 1. The Morgan fingerprint density at radius 1 is 1.08 bits per heavy atom. The highest BCUT2D eigenvalue weighted by molar-refractivity contribution is 5.95. The van der Waals surface area contributed by atoms with Crippen molar-refractivity contribution in [2.75, 3.05) is 19.5 Å². The van der Waals surface area contributed by atoms with E-state index in [4.69, 9.17) is 9.47 Å². The molecule has 0 atom stereocenters. The molecule has 0 aliphatic carbocycles. The average Bonchev–Trinajstić information content (AvgIpc) is 3.04. The summed E-state index contributed by atoms with van der Waals surface area (Å²) in [5.74, 6) is 1.26. The highest BCUT2D eigenvalue weighted by Gasteiger charge is 2.11. The van der Waals surface area contributed by atoms with Gasteiger partial charge in [-0.1, -0.05) is 6.07 Å². The van der Waals surface area contributed by atoms with Crippen molar-refractivity contribution in [3.8, 4) is 11.5 Å². The third-order valence-electron chi connectivity index (χ3n) is 4.24.